The van der Waals surface area contributed by atoms with E-state index in [1.165, 1.54) is 5.56 Å². The molecule has 0 saturated heterocycles. The summed E-state index contributed by atoms with van der Waals surface area (Å²) in [4.78, 5) is 4.29. The summed E-state index contributed by atoms with van der Waals surface area (Å²) >= 11 is 6.42. The Hall–Kier alpha value is -1.80. The Bertz CT molecular complexity index is 690. The zero-order valence-corrected chi connectivity index (χ0v) is 11.4. The van der Waals surface area contributed by atoms with Crippen LogP contribution in [0.1, 0.15) is 22.4 Å². The van der Waals surface area contributed by atoms with E-state index in [1.54, 1.807) is 6.20 Å². The van der Waals surface area contributed by atoms with Gasteiger partial charge in [-0.15, -0.1) is 11.6 Å². The van der Waals surface area contributed by atoms with Crippen molar-refractivity contribution in [1.29, 1.82) is 0 Å². The van der Waals surface area contributed by atoms with E-state index in [0.717, 1.165) is 22.4 Å². The van der Waals surface area contributed by atoms with Crippen LogP contribution in [0.5, 0.6) is 0 Å². The highest BCUT2D eigenvalue weighted by molar-refractivity contribution is 6.20. The average molecular weight is 272 g/mol. The first-order chi connectivity index (χ1) is 9.22. The van der Waals surface area contributed by atoms with E-state index in [2.05, 4.69) is 18.0 Å². The van der Waals surface area contributed by atoms with Crippen molar-refractivity contribution in [2.45, 2.75) is 18.7 Å². The highest BCUT2D eigenvalue weighted by Gasteiger charge is 2.14. The molecule has 2 heterocycles. The Balaban J connectivity index is 1.87. The predicted octanol–water partition coefficient (Wildman–Crippen LogP) is 4.66. The second kappa shape index (κ2) is 5.06. The van der Waals surface area contributed by atoms with E-state index < -0.39 is 0 Å². The Labute approximate surface area is 117 Å². The summed E-state index contributed by atoms with van der Waals surface area (Å²) in [6, 6.07) is 14.0. The van der Waals surface area contributed by atoms with Gasteiger partial charge in [-0.1, -0.05) is 17.7 Å². The Morgan fingerprint density at radius 1 is 1.21 bits per heavy atom. The lowest BCUT2D eigenvalue weighted by Gasteiger charge is -2.05. The maximum atomic E-state index is 6.42. The minimum Gasteiger partial charge on any atom is -0.459 e. The molecule has 0 fully saturated rings. The standard InChI is InChI=1S/C16H14ClNO/c1-11-5-6-15-12(8-11)9-16(19-15)14(17)10-13-4-2-3-7-18-13/h2-9,14H,10H2,1H3. The molecule has 3 rings (SSSR count). The van der Waals surface area contributed by atoms with Gasteiger partial charge >= 0.3 is 0 Å². The van der Waals surface area contributed by atoms with E-state index in [0.29, 0.717) is 6.42 Å². The molecular formula is C16H14ClNO. The largest absolute Gasteiger partial charge is 0.459 e. The number of pyridine rings is 1. The third-order valence-corrected chi connectivity index (χ3v) is 3.48. The van der Waals surface area contributed by atoms with Crippen LogP contribution in [-0.2, 0) is 6.42 Å². The fraction of sp³-hybridized carbons (Fsp3) is 0.188. The Morgan fingerprint density at radius 2 is 2.11 bits per heavy atom. The van der Waals surface area contributed by atoms with Gasteiger partial charge in [-0.3, -0.25) is 4.98 Å². The van der Waals surface area contributed by atoms with Crippen molar-refractivity contribution in [3.8, 4) is 0 Å². The smallest absolute Gasteiger partial charge is 0.134 e. The Kier molecular flexibility index (Phi) is 3.26. The van der Waals surface area contributed by atoms with Gasteiger partial charge in [-0.25, -0.2) is 0 Å². The van der Waals surface area contributed by atoms with Crippen LogP contribution in [0, 0.1) is 6.92 Å². The number of halogens is 1. The lowest BCUT2D eigenvalue weighted by atomic mass is 10.1. The molecule has 0 aliphatic rings. The second-order valence-corrected chi connectivity index (χ2v) is 5.21. The SMILES string of the molecule is Cc1ccc2oc(C(Cl)Cc3ccccn3)cc2c1. The minimum absolute atomic E-state index is 0.192. The van der Waals surface area contributed by atoms with Crippen LogP contribution in [0.4, 0.5) is 0 Å². The third kappa shape index (κ3) is 2.64. The van der Waals surface area contributed by atoms with E-state index in [-0.39, 0.29) is 5.38 Å². The molecule has 96 valence electrons. The molecule has 0 radical (unpaired) electrons. The molecule has 1 aromatic carbocycles. The van der Waals surface area contributed by atoms with Crippen molar-refractivity contribution in [2.24, 2.45) is 0 Å². The summed E-state index contributed by atoms with van der Waals surface area (Å²) < 4.78 is 5.80. The molecule has 3 aromatic rings. The van der Waals surface area contributed by atoms with Crippen LogP contribution in [0.2, 0.25) is 0 Å². The molecule has 0 spiro atoms. The number of aryl methyl sites for hydroxylation is 1. The van der Waals surface area contributed by atoms with Gasteiger partial charge < -0.3 is 4.42 Å². The van der Waals surface area contributed by atoms with Gasteiger partial charge in [0.2, 0.25) is 0 Å². The normalized spacial score (nSPS) is 12.7. The summed E-state index contributed by atoms with van der Waals surface area (Å²) in [7, 11) is 0. The molecule has 19 heavy (non-hydrogen) atoms. The summed E-state index contributed by atoms with van der Waals surface area (Å²) in [6.07, 6.45) is 2.45. The first-order valence-electron chi connectivity index (χ1n) is 6.26. The number of furan rings is 1. The van der Waals surface area contributed by atoms with Gasteiger partial charge in [-0.05, 0) is 37.3 Å². The number of aromatic nitrogens is 1. The molecule has 2 nitrogen and oxygen atoms in total. The van der Waals surface area contributed by atoms with Crippen molar-refractivity contribution in [1.82, 2.24) is 4.98 Å². The molecule has 2 aromatic heterocycles. The molecule has 1 atom stereocenters. The number of hydrogen-bond donors (Lipinski definition) is 0. The number of benzene rings is 1. The van der Waals surface area contributed by atoms with Gasteiger partial charge in [0.1, 0.15) is 11.3 Å². The van der Waals surface area contributed by atoms with Crippen molar-refractivity contribution in [3.63, 3.8) is 0 Å². The molecule has 0 amide bonds. The first kappa shape index (κ1) is 12.2. The number of alkyl halides is 1. The molecule has 0 bridgehead atoms. The molecule has 0 aliphatic heterocycles. The van der Waals surface area contributed by atoms with Crippen LogP contribution in [0.3, 0.4) is 0 Å². The number of hydrogen-bond acceptors (Lipinski definition) is 2. The summed E-state index contributed by atoms with van der Waals surface area (Å²) in [5, 5.41) is 0.907. The monoisotopic (exact) mass is 271 g/mol. The topological polar surface area (TPSA) is 26.0 Å². The molecule has 0 aliphatic carbocycles. The zero-order chi connectivity index (χ0) is 13.2. The lowest BCUT2D eigenvalue weighted by molar-refractivity contribution is 0.538. The number of rotatable bonds is 3. The number of fused-ring (bicyclic) bond motifs is 1. The highest BCUT2D eigenvalue weighted by Crippen LogP contribution is 2.30. The van der Waals surface area contributed by atoms with Crippen molar-refractivity contribution in [2.75, 3.05) is 0 Å². The number of nitrogens with zero attached hydrogens (tertiary/aromatic N) is 1. The highest BCUT2D eigenvalue weighted by atomic mass is 35.5. The van der Waals surface area contributed by atoms with Crippen molar-refractivity contribution < 1.29 is 4.42 Å². The van der Waals surface area contributed by atoms with Crippen molar-refractivity contribution in [3.05, 3.63) is 65.7 Å². The van der Waals surface area contributed by atoms with Gasteiger partial charge in [0.05, 0.1) is 5.38 Å². The lowest BCUT2D eigenvalue weighted by Crippen LogP contribution is -1.96. The summed E-state index contributed by atoms with van der Waals surface area (Å²) in [6.45, 7) is 2.07. The fourth-order valence-corrected chi connectivity index (χ4v) is 2.41. The maximum Gasteiger partial charge on any atom is 0.134 e. The van der Waals surface area contributed by atoms with E-state index in [4.69, 9.17) is 16.0 Å². The van der Waals surface area contributed by atoms with Gasteiger partial charge in [0, 0.05) is 23.7 Å². The fourth-order valence-electron chi connectivity index (χ4n) is 2.14. The van der Waals surface area contributed by atoms with E-state index in [9.17, 15) is 0 Å². The van der Waals surface area contributed by atoms with Crippen LogP contribution >= 0.6 is 11.6 Å². The van der Waals surface area contributed by atoms with Crippen LogP contribution in [0.15, 0.2) is 53.1 Å². The average Bonchev–Trinajstić information content (AvgIpc) is 2.83. The Morgan fingerprint density at radius 3 is 2.89 bits per heavy atom. The quantitative estimate of drug-likeness (QED) is 0.648. The van der Waals surface area contributed by atoms with E-state index >= 15 is 0 Å². The van der Waals surface area contributed by atoms with Gasteiger partial charge in [0.25, 0.3) is 0 Å². The first-order valence-corrected chi connectivity index (χ1v) is 6.70. The molecule has 3 heteroatoms. The third-order valence-electron chi connectivity index (χ3n) is 3.11. The minimum atomic E-state index is -0.192. The summed E-state index contributed by atoms with van der Waals surface area (Å²) in [5.74, 6) is 0.799. The van der Waals surface area contributed by atoms with Crippen LogP contribution in [-0.4, -0.2) is 4.98 Å². The van der Waals surface area contributed by atoms with Gasteiger partial charge in [0.15, 0.2) is 0 Å². The van der Waals surface area contributed by atoms with Crippen LogP contribution < -0.4 is 0 Å². The predicted molar refractivity (Wildman–Crippen MR) is 77.5 cm³/mol. The van der Waals surface area contributed by atoms with Crippen molar-refractivity contribution >= 4 is 22.6 Å². The molecule has 1 unspecified atom stereocenters. The molecule has 0 N–H and O–H groups in total. The summed E-state index contributed by atoms with van der Waals surface area (Å²) in [5.41, 5.74) is 3.07. The van der Waals surface area contributed by atoms with E-state index in [1.807, 2.05) is 36.4 Å². The maximum absolute atomic E-state index is 6.42. The molecular weight excluding hydrogens is 258 g/mol. The van der Waals surface area contributed by atoms with Gasteiger partial charge in [-0.2, -0.15) is 0 Å². The van der Waals surface area contributed by atoms with Crippen LogP contribution in [0.25, 0.3) is 11.0 Å². The second-order valence-electron chi connectivity index (χ2n) is 4.68. The molecule has 0 saturated carbocycles. The zero-order valence-electron chi connectivity index (χ0n) is 10.6.